The van der Waals surface area contributed by atoms with E-state index >= 15 is 0 Å². The second-order valence-corrected chi connectivity index (χ2v) is 6.41. The van der Waals surface area contributed by atoms with E-state index in [-0.39, 0.29) is 11.1 Å². The summed E-state index contributed by atoms with van der Waals surface area (Å²) < 4.78 is 7.75. The van der Waals surface area contributed by atoms with Crippen LogP contribution in [0.2, 0.25) is 0 Å². The van der Waals surface area contributed by atoms with Crippen molar-refractivity contribution < 1.29 is 4.74 Å². The maximum Gasteiger partial charge on any atom is 0.269 e. The fourth-order valence-electron chi connectivity index (χ4n) is 2.39. The average Bonchev–Trinajstić information content (AvgIpc) is 2.91. The highest BCUT2D eigenvalue weighted by molar-refractivity contribution is 7.07. The molecule has 0 spiro atoms. The molecule has 0 amide bonds. The largest absolute Gasteiger partial charge is 0.382 e. The third kappa shape index (κ3) is 4.45. The van der Waals surface area contributed by atoms with Gasteiger partial charge in [0.05, 0.1) is 4.53 Å². The molecule has 2 aromatic rings. The molecule has 5 nitrogen and oxygen atoms in total. The summed E-state index contributed by atoms with van der Waals surface area (Å²) in [6.45, 7) is 5.45. The molecular weight excluding hydrogens is 334 g/mol. The Morgan fingerprint density at radius 3 is 2.68 bits per heavy atom. The Kier molecular flexibility index (Phi) is 6.71. The second kappa shape index (κ2) is 8.98. The van der Waals surface area contributed by atoms with Crippen LogP contribution in [0.4, 0.5) is 0 Å². The fraction of sp³-hybridized carbons (Fsp3) is 0.316. The van der Waals surface area contributed by atoms with Crippen LogP contribution in [-0.2, 0) is 11.3 Å². The van der Waals surface area contributed by atoms with Gasteiger partial charge in [-0.25, -0.2) is 0 Å². The molecule has 1 heterocycles. The Morgan fingerprint density at radius 2 is 2.04 bits per heavy atom. The van der Waals surface area contributed by atoms with Crippen molar-refractivity contribution in [3.05, 3.63) is 54.9 Å². The molecule has 0 unspecified atom stereocenters. The lowest BCUT2D eigenvalue weighted by Gasteiger charge is -2.02. The lowest BCUT2D eigenvalue weighted by atomic mass is 10.1. The van der Waals surface area contributed by atoms with Gasteiger partial charge < -0.3 is 4.74 Å². The smallest absolute Gasteiger partial charge is 0.269 e. The van der Waals surface area contributed by atoms with Gasteiger partial charge in [0.25, 0.3) is 5.56 Å². The SMILES string of the molecule is CCOCCCn1c(=C(C#N)C#N)s/c(=C\c2ccccc2C)c1=O. The molecule has 0 bridgehead atoms. The lowest BCUT2D eigenvalue weighted by Crippen LogP contribution is -2.32. The van der Waals surface area contributed by atoms with Crippen molar-refractivity contribution in [2.45, 2.75) is 26.8 Å². The van der Waals surface area contributed by atoms with E-state index < -0.39 is 0 Å². The van der Waals surface area contributed by atoms with Gasteiger partial charge in [-0.3, -0.25) is 9.36 Å². The van der Waals surface area contributed by atoms with Gasteiger partial charge in [0.2, 0.25) is 0 Å². The molecule has 0 N–H and O–H groups in total. The van der Waals surface area contributed by atoms with Gasteiger partial charge in [-0.15, -0.1) is 11.3 Å². The van der Waals surface area contributed by atoms with Crippen LogP contribution in [0.5, 0.6) is 0 Å². The van der Waals surface area contributed by atoms with Crippen LogP contribution in [0.3, 0.4) is 0 Å². The monoisotopic (exact) mass is 353 g/mol. The number of aromatic nitrogens is 1. The van der Waals surface area contributed by atoms with Gasteiger partial charge >= 0.3 is 0 Å². The second-order valence-electron chi connectivity index (χ2n) is 5.38. The number of hydrogen-bond acceptors (Lipinski definition) is 5. The minimum absolute atomic E-state index is 0.0389. The molecule has 0 saturated carbocycles. The van der Waals surface area contributed by atoms with Crippen molar-refractivity contribution in [2.75, 3.05) is 13.2 Å². The van der Waals surface area contributed by atoms with E-state index in [9.17, 15) is 15.3 Å². The van der Waals surface area contributed by atoms with Gasteiger partial charge in [-0.05, 0) is 37.5 Å². The normalized spacial score (nSPS) is 11.1. The molecule has 0 aliphatic carbocycles. The van der Waals surface area contributed by atoms with Crippen LogP contribution in [0, 0.1) is 29.6 Å². The summed E-state index contributed by atoms with van der Waals surface area (Å²) in [5.41, 5.74) is 1.79. The molecule has 128 valence electrons. The van der Waals surface area contributed by atoms with E-state index in [1.54, 1.807) is 0 Å². The van der Waals surface area contributed by atoms with E-state index in [0.717, 1.165) is 11.1 Å². The molecule has 0 saturated heterocycles. The zero-order chi connectivity index (χ0) is 18.2. The first-order chi connectivity index (χ1) is 12.1. The molecule has 0 aliphatic rings. The maximum atomic E-state index is 12.8. The zero-order valence-corrected chi connectivity index (χ0v) is 15.1. The van der Waals surface area contributed by atoms with E-state index in [2.05, 4.69) is 0 Å². The van der Waals surface area contributed by atoms with Crippen molar-refractivity contribution in [3.8, 4) is 12.1 Å². The van der Waals surface area contributed by atoms with Crippen LogP contribution >= 0.6 is 11.3 Å². The lowest BCUT2D eigenvalue weighted by molar-refractivity contribution is 0.141. The van der Waals surface area contributed by atoms with Crippen molar-refractivity contribution in [1.82, 2.24) is 4.57 Å². The molecule has 1 aromatic heterocycles. The Morgan fingerprint density at radius 1 is 1.32 bits per heavy atom. The molecule has 1 aromatic carbocycles. The topological polar surface area (TPSA) is 78.8 Å². The molecule has 0 radical (unpaired) electrons. The molecule has 0 aliphatic heterocycles. The third-order valence-electron chi connectivity index (χ3n) is 3.69. The number of ether oxygens (including phenoxy) is 1. The van der Waals surface area contributed by atoms with Crippen molar-refractivity contribution in [3.63, 3.8) is 0 Å². The number of nitriles is 2. The van der Waals surface area contributed by atoms with Gasteiger partial charge in [-0.2, -0.15) is 10.5 Å². The van der Waals surface area contributed by atoms with Gasteiger partial charge in [0.1, 0.15) is 16.8 Å². The fourth-order valence-corrected chi connectivity index (χ4v) is 3.46. The van der Waals surface area contributed by atoms with Crippen LogP contribution < -0.4 is 14.8 Å². The molecule has 6 heteroatoms. The third-order valence-corrected chi connectivity index (χ3v) is 4.83. The van der Waals surface area contributed by atoms with Crippen LogP contribution in [-0.4, -0.2) is 17.8 Å². The zero-order valence-electron chi connectivity index (χ0n) is 14.3. The maximum absolute atomic E-state index is 12.8. The Balaban J connectivity index is 2.60. The molecule has 0 atom stereocenters. The predicted octanol–water partition coefficient (Wildman–Crippen LogP) is 1.67. The van der Waals surface area contributed by atoms with Gasteiger partial charge in [0.15, 0.2) is 5.57 Å². The molecule has 2 rings (SSSR count). The standard InChI is InChI=1S/C19H19N3O2S/c1-3-24-10-6-9-22-18(23)17(25-19(22)16(12-20)13-21)11-15-8-5-4-7-14(15)2/h4-5,7-8,11H,3,6,9-10H2,1-2H3/b17-11-. The highest BCUT2D eigenvalue weighted by atomic mass is 32.1. The van der Waals surface area contributed by atoms with Crippen molar-refractivity contribution in [1.29, 1.82) is 10.5 Å². The molecule has 25 heavy (non-hydrogen) atoms. The van der Waals surface area contributed by atoms with Gasteiger partial charge in [-0.1, -0.05) is 24.3 Å². The van der Waals surface area contributed by atoms with Crippen LogP contribution in [0.15, 0.2) is 29.1 Å². The molecular formula is C19H19N3O2S. The minimum atomic E-state index is -0.178. The number of rotatable bonds is 6. The van der Waals surface area contributed by atoms with Crippen LogP contribution in [0.25, 0.3) is 11.6 Å². The summed E-state index contributed by atoms with van der Waals surface area (Å²) in [5, 5.41) is 18.4. The van der Waals surface area contributed by atoms with E-state index in [4.69, 9.17) is 4.74 Å². The number of benzene rings is 1. The molecule has 0 fully saturated rings. The summed E-state index contributed by atoms with van der Waals surface area (Å²) in [5.74, 6) is 0. The summed E-state index contributed by atoms with van der Waals surface area (Å²) in [6.07, 6.45) is 2.46. The van der Waals surface area contributed by atoms with Crippen molar-refractivity contribution >= 4 is 23.0 Å². The number of hydrogen-bond donors (Lipinski definition) is 0. The number of nitrogens with zero attached hydrogens (tertiary/aromatic N) is 3. The van der Waals surface area contributed by atoms with Gasteiger partial charge in [0, 0.05) is 19.8 Å². The Hall–Kier alpha value is -2.67. The summed E-state index contributed by atoms with van der Waals surface area (Å²) in [7, 11) is 0. The quantitative estimate of drug-likeness (QED) is 0.740. The summed E-state index contributed by atoms with van der Waals surface area (Å²) >= 11 is 1.18. The highest BCUT2D eigenvalue weighted by Gasteiger charge is 2.09. The predicted molar refractivity (Wildman–Crippen MR) is 98.3 cm³/mol. The number of thiazole rings is 1. The Bertz CT molecular complexity index is 987. The van der Waals surface area contributed by atoms with E-state index in [1.165, 1.54) is 15.9 Å². The van der Waals surface area contributed by atoms with E-state index in [0.29, 0.717) is 35.4 Å². The first-order valence-corrected chi connectivity index (χ1v) is 8.83. The average molecular weight is 353 g/mol. The minimum Gasteiger partial charge on any atom is -0.382 e. The highest BCUT2D eigenvalue weighted by Crippen LogP contribution is 2.07. The Labute approximate surface area is 150 Å². The first-order valence-electron chi connectivity index (χ1n) is 8.01. The first kappa shape index (κ1) is 18.7. The van der Waals surface area contributed by atoms with E-state index in [1.807, 2.05) is 56.3 Å². The van der Waals surface area contributed by atoms with Crippen molar-refractivity contribution in [2.24, 2.45) is 0 Å². The van der Waals surface area contributed by atoms with Crippen LogP contribution in [0.1, 0.15) is 24.5 Å². The number of aryl methyl sites for hydroxylation is 1. The summed E-state index contributed by atoms with van der Waals surface area (Å²) in [4.78, 5) is 12.8. The summed E-state index contributed by atoms with van der Waals surface area (Å²) in [6, 6.07) is 11.5.